The van der Waals surface area contributed by atoms with Crippen molar-refractivity contribution in [3.05, 3.63) is 57.5 Å². The van der Waals surface area contributed by atoms with Gasteiger partial charge in [-0.25, -0.2) is 0 Å². The van der Waals surface area contributed by atoms with Gasteiger partial charge in [-0.15, -0.1) is 0 Å². The number of nitro benzene ring substituents is 1. The molecule has 0 saturated carbocycles. The Kier molecular flexibility index (Phi) is 4.77. The smallest absolute Gasteiger partial charge is 0.286 e. The van der Waals surface area contributed by atoms with E-state index in [2.05, 4.69) is 5.32 Å². The van der Waals surface area contributed by atoms with Gasteiger partial charge in [0.25, 0.3) is 11.6 Å². The summed E-state index contributed by atoms with van der Waals surface area (Å²) >= 11 is 0. The van der Waals surface area contributed by atoms with Crippen molar-refractivity contribution < 1.29 is 18.9 Å². The van der Waals surface area contributed by atoms with Crippen LogP contribution in [0.2, 0.25) is 0 Å². The SMILES string of the molecule is CCNC(=O)c1ccc(COc2ccc([N+](=O)[O-])c(C)c2)o1. The number of carbonyl (C=O) groups excluding carboxylic acids is 1. The van der Waals surface area contributed by atoms with Crippen molar-refractivity contribution in [2.75, 3.05) is 6.54 Å². The van der Waals surface area contributed by atoms with Gasteiger partial charge >= 0.3 is 0 Å². The summed E-state index contributed by atoms with van der Waals surface area (Å²) in [5, 5.41) is 13.4. The van der Waals surface area contributed by atoms with E-state index in [9.17, 15) is 14.9 Å². The molecular formula is C15H16N2O5. The van der Waals surface area contributed by atoms with Crippen molar-refractivity contribution in [2.45, 2.75) is 20.5 Å². The molecule has 0 aliphatic heterocycles. The molecule has 0 aliphatic carbocycles. The highest BCUT2D eigenvalue weighted by Gasteiger charge is 2.12. The number of nitro groups is 1. The Balaban J connectivity index is 2.00. The fourth-order valence-electron chi connectivity index (χ4n) is 1.90. The molecule has 0 radical (unpaired) electrons. The zero-order valence-corrected chi connectivity index (χ0v) is 12.3. The Labute approximate surface area is 127 Å². The van der Waals surface area contributed by atoms with E-state index in [1.54, 1.807) is 25.1 Å². The molecule has 0 fully saturated rings. The van der Waals surface area contributed by atoms with Crippen LogP contribution in [-0.4, -0.2) is 17.4 Å². The number of carbonyl (C=O) groups is 1. The maximum atomic E-state index is 11.6. The predicted octanol–water partition coefficient (Wildman–Crippen LogP) is 2.82. The van der Waals surface area contributed by atoms with Crippen LogP contribution in [0.25, 0.3) is 0 Å². The van der Waals surface area contributed by atoms with Gasteiger partial charge in [0.05, 0.1) is 4.92 Å². The minimum atomic E-state index is -0.440. The Morgan fingerprint density at radius 1 is 1.36 bits per heavy atom. The van der Waals surface area contributed by atoms with E-state index in [4.69, 9.17) is 9.15 Å². The standard InChI is InChI=1S/C15H16N2O5/c1-3-16-15(18)14-7-5-12(22-14)9-21-11-4-6-13(17(19)20)10(2)8-11/h4-8H,3,9H2,1-2H3,(H,16,18). The molecule has 1 amide bonds. The van der Waals surface area contributed by atoms with E-state index in [1.807, 2.05) is 6.92 Å². The molecule has 0 unspecified atom stereocenters. The number of aryl methyl sites for hydroxylation is 1. The molecule has 7 heteroatoms. The Bertz CT molecular complexity index is 693. The number of nitrogens with one attached hydrogen (secondary N) is 1. The molecule has 0 aliphatic rings. The van der Waals surface area contributed by atoms with Gasteiger partial charge in [0.15, 0.2) is 5.76 Å². The first-order valence-electron chi connectivity index (χ1n) is 6.76. The van der Waals surface area contributed by atoms with Gasteiger partial charge in [0, 0.05) is 18.2 Å². The lowest BCUT2D eigenvalue weighted by atomic mass is 10.2. The summed E-state index contributed by atoms with van der Waals surface area (Å²) in [5.74, 6) is 0.941. The fraction of sp³-hybridized carbons (Fsp3) is 0.267. The molecule has 1 heterocycles. The van der Waals surface area contributed by atoms with Gasteiger partial charge < -0.3 is 14.5 Å². The molecule has 0 saturated heterocycles. The number of hydrogen-bond acceptors (Lipinski definition) is 5. The first kappa shape index (κ1) is 15.6. The van der Waals surface area contributed by atoms with Crippen LogP contribution in [0.5, 0.6) is 5.75 Å². The molecule has 0 spiro atoms. The average molecular weight is 304 g/mol. The van der Waals surface area contributed by atoms with Crippen LogP contribution in [0.4, 0.5) is 5.69 Å². The molecule has 0 atom stereocenters. The zero-order valence-electron chi connectivity index (χ0n) is 12.3. The summed E-state index contributed by atoms with van der Waals surface area (Å²) in [5.41, 5.74) is 0.564. The number of nitrogens with zero attached hydrogens (tertiary/aromatic N) is 1. The molecule has 2 aromatic rings. The van der Waals surface area contributed by atoms with Gasteiger partial charge in [-0.05, 0) is 38.1 Å². The maximum Gasteiger partial charge on any atom is 0.286 e. The van der Waals surface area contributed by atoms with Gasteiger partial charge in [0.1, 0.15) is 18.1 Å². The van der Waals surface area contributed by atoms with E-state index in [1.165, 1.54) is 12.1 Å². The lowest BCUT2D eigenvalue weighted by Crippen LogP contribution is -2.21. The summed E-state index contributed by atoms with van der Waals surface area (Å²) < 4.78 is 10.9. The largest absolute Gasteiger partial charge is 0.486 e. The Hall–Kier alpha value is -2.83. The van der Waals surface area contributed by atoms with Gasteiger partial charge in [-0.1, -0.05) is 0 Å². The second-order valence-electron chi connectivity index (χ2n) is 4.62. The summed E-state index contributed by atoms with van der Waals surface area (Å²) in [6.07, 6.45) is 0. The van der Waals surface area contributed by atoms with Crippen molar-refractivity contribution >= 4 is 11.6 Å². The van der Waals surface area contributed by atoms with Gasteiger partial charge in [-0.3, -0.25) is 14.9 Å². The summed E-state index contributed by atoms with van der Waals surface area (Å²) in [4.78, 5) is 21.9. The van der Waals surface area contributed by atoms with Gasteiger partial charge in [-0.2, -0.15) is 0 Å². The lowest BCUT2D eigenvalue weighted by Gasteiger charge is -2.05. The Morgan fingerprint density at radius 3 is 2.77 bits per heavy atom. The second kappa shape index (κ2) is 6.75. The number of rotatable bonds is 6. The molecular weight excluding hydrogens is 288 g/mol. The van der Waals surface area contributed by atoms with Crippen LogP contribution in [-0.2, 0) is 6.61 Å². The Morgan fingerprint density at radius 2 is 2.14 bits per heavy atom. The van der Waals surface area contributed by atoms with Gasteiger partial charge in [0.2, 0.25) is 0 Å². The monoisotopic (exact) mass is 304 g/mol. The third kappa shape index (κ3) is 3.63. The molecule has 7 nitrogen and oxygen atoms in total. The number of hydrogen-bond donors (Lipinski definition) is 1. The van der Waals surface area contributed by atoms with E-state index in [0.29, 0.717) is 23.6 Å². The highest BCUT2D eigenvalue weighted by atomic mass is 16.6. The summed E-state index contributed by atoms with van der Waals surface area (Å²) in [7, 11) is 0. The lowest BCUT2D eigenvalue weighted by molar-refractivity contribution is -0.385. The van der Waals surface area contributed by atoms with E-state index < -0.39 is 4.92 Å². The number of benzene rings is 1. The number of amides is 1. The average Bonchev–Trinajstić information content (AvgIpc) is 2.94. The highest BCUT2D eigenvalue weighted by molar-refractivity contribution is 5.91. The zero-order chi connectivity index (χ0) is 16.1. The molecule has 1 aromatic carbocycles. The van der Waals surface area contributed by atoms with E-state index in [0.717, 1.165) is 0 Å². The number of furan rings is 1. The van der Waals surface area contributed by atoms with Crippen LogP contribution in [0.15, 0.2) is 34.7 Å². The van der Waals surface area contributed by atoms with Crippen LogP contribution in [0, 0.1) is 17.0 Å². The topological polar surface area (TPSA) is 94.6 Å². The molecule has 0 bridgehead atoms. The van der Waals surface area contributed by atoms with Crippen LogP contribution >= 0.6 is 0 Å². The minimum Gasteiger partial charge on any atom is -0.486 e. The fourth-order valence-corrected chi connectivity index (χ4v) is 1.90. The van der Waals surface area contributed by atoms with Crippen molar-refractivity contribution in [3.63, 3.8) is 0 Å². The van der Waals surface area contributed by atoms with Crippen LogP contribution in [0.1, 0.15) is 28.8 Å². The van der Waals surface area contributed by atoms with Crippen LogP contribution < -0.4 is 10.1 Å². The van der Waals surface area contributed by atoms with E-state index in [-0.39, 0.29) is 24.0 Å². The first-order valence-corrected chi connectivity index (χ1v) is 6.76. The maximum absolute atomic E-state index is 11.6. The molecule has 22 heavy (non-hydrogen) atoms. The third-order valence-electron chi connectivity index (χ3n) is 2.97. The van der Waals surface area contributed by atoms with Crippen molar-refractivity contribution in [2.24, 2.45) is 0 Å². The second-order valence-corrected chi connectivity index (χ2v) is 4.62. The first-order chi connectivity index (χ1) is 10.5. The normalized spacial score (nSPS) is 10.3. The van der Waals surface area contributed by atoms with Crippen molar-refractivity contribution in [3.8, 4) is 5.75 Å². The highest BCUT2D eigenvalue weighted by Crippen LogP contribution is 2.23. The molecule has 1 aromatic heterocycles. The predicted molar refractivity (Wildman–Crippen MR) is 78.9 cm³/mol. The molecule has 116 valence electrons. The van der Waals surface area contributed by atoms with E-state index >= 15 is 0 Å². The van der Waals surface area contributed by atoms with Crippen LogP contribution in [0.3, 0.4) is 0 Å². The summed E-state index contributed by atoms with van der Waals surface area (Å²) in [6, 6.07) is 7.74. The minimum absolute atomic E-state index is 0.0453. The van der Waals surface area contributed by atoms with Crippen molar-refractivity contribution in [1.82, 2.24) is 5.32 Å². The molecule has 1 N–H and O–H groups in total. The third-order valence-corrected chi connectivity index (χ3v) is 2.97. The van der Waals surface area contributed by atoms with Crippen molar-refractivity contribution in [1.29, 1.82) is 0 Å². The summed E-state index contributed by atoms with van der Waals surface area (Å²) in [6.45, 7) is 4.12. The molecule has 2 rings (SSSR count). The number of ether oxygens (including phenoxy) is 1. The quantitative estimate of drug-likeness (QED) is 0.654.